The first-order chi connectivity index (χ1) is 10.1. The zero-order valence-electron chi connectivity index (χ0n) is 11.2. The number of rotatable bonds is 4. The molecule has 0 fully saturated rings. The molecule has 0 aliphatic carbocycles. The average Bonchev–Trinajstić information content (AvgIpc) is 2.40. The van der Waals surface area contributed by atoms with Crippen LogP contribution in [-0.4, -0.2) is 21.0 Å². The maximum absolute atomic E-state index is 11.5. The fraction of sp³-hybridized carbons (Fsp3) is 0.333. The lowest BCUT2D eigenvalue weighted by Crippen LogP contribution is -2.56. The molecule has 0 radical (unpaired) electrons. The standard InChI is InChI=1S/C12H12Cl5N3OS/c1-2-9(21)19-10(12(15,16)17)20-11(22)18-8-4-3-6(13)5-7(8)14/h3-5,10H,2H2,1H3,(H,19,21)(H2,18,20,22). The average molecular weight is 424 g/mol. The number of amides is 1. The van der Waals surface area contributed by atoms with E-state index in [0.29, 0.717) is 15.7 Å². The normalized spacial score (nSPS) is 12.5. The Morgan fingerprint density at radius 2 is 1.91 bits per heavy atom. The monoisotopic (exact) mass is 421 g/mol. The summed E-state index contributed by atoms with van der Waals surface area (Å²) in [6.07, 6.45) is -0.765. The molecule has 0 heterocycles. The van der Waals surface area contributed by atoms with Crippen molar-refractivity contribution in [3.05, 3.63) is 28.2 Å². The lowest BCUT2D eigenvalue weighted by atomic mass is 10.3. The van der Waals surface area contributed by atoms with Gasteiger partial charge in [-0.1, -0.05) is 64.9 Å². The van der Waals surface area contributed by atoms with Crippen LogP contribution >= 0.6 is 70.2 Å². The van der Waals surface area contributed by atoms with Gasteiger partial charge in [0.1, 0.15) is 6.17 Å². The minimum atomic E-state index is -1.79. The van der Waals surface area contributed by atoms with Crippen LogP contribution in [0.25, 0.3) is 0 Å². The number of hydrogen-bond donors (Lipinski definition) is 3. The number of carbonyl (C=O) groups excluding carboxylic acids is 1. The van der Waals surface area contributed by atoms with E-state index in [2.05, 4.69) is 16.0 Å². The summed E-state index contributed by atoms with van der Waals surface area (Å²) >= 11 is 34.4. The highest BCUT2D eigenvalue weighted by Gasteiger charge is 2.34. The molecule has 0 aromatic heterocycles. The minimum Gasteiger partial charge on any atom is -0.339 e. The number of halogens is 5. The first-order valence-corrected chi connectivity index (χ1v) is 8.32. The second kappa shape index (κ2) is 8.62. The second-order valence-electron chi connectivity index (χ2n) is 4.12. The summed E-state index contributed by atoms with van der Waals surface area (Å²) in [5.74, 6) is -0.295. The summed E-state index contributed by atoms with van der Waals surface area (Å²) in [6, 6.07) is 4.84. The summed E-state index contributed by atoms with van der Waals surface area (Å²) < 4.78 is -1.79. The highest BCUT2D eigenvalue weighted by atomic mass is 35.6. The number of nitrogens with one attached hydrogen (secondary N) is 3. The molecule has 0 saturated heterocycles. The van der Waals surface area contributed by atoms with Gasteiger partial charge in [-0.3, -0.25) is 4.79 Å². The molecule has 0 aliphatic rings. The largest absolute Gasteiger partial charge is 0.339 e. The Hall–Kier alpha value is -0.170. The van der Waals surface area contributed by atoms with Gasteiger partial charge in [-0.2, -0.15) is 0 Å². The first kappa shape index (κ1) is 19.9. The molecule has 0 saturated carbocycles. The van der Waals surface area contributed by atoms with Crippen molar-refractivity contribution in [2.45, 2.75) is 23.3 Å². The molecule has 3 N–H and O–H groups in total. The minimum absolute atomic E-state index is 0.122. The van der Waals surface area contributed by atoms with Crippen LogP contribution in [0.1, 0.15) is 13.3 Å². The van der Waals surface area contributed by atoms with Crippen molar-refractivity contribution in [2.24, 2.45) is 0 Å². The molecule has 1 aromatic carbocycles. The van der Waals surface area contributed by atoms with E-state index in [0.717, 1.165) is 0 Å². The highest BCUT2D eigenvalue weighted by Crippen LogP contribution is 2.29. The molecule has 4 nitrogen and oxygen atoms in total. The van der Waals surface area contributed by atoms with E-state index in [1.807, 2.05) is 0 Å². The Labute approximate surface area is 158 Å². The molecular weight excluding hydrogens is 411 g/mol. The molecule has 0 aliphatic heterocycles. The molecule has 0 bridgehead atoms. The maximum atomic E-state index is 11.5. The molecular formula is C12H12Cl5N3OS. The van der Waals surface area contributed by atoms with E-state index >= 15 is 0 Å². The predicted octanol–water partition coefficient (Wildman–Crippen LogP) is 4.50. The Kier molecular flexibility index (Phi) is 7.79. The van der Waals surface area contributed by atoms with Crippen molar-refractivity contribution in [3.8, 4) is 0 Å². The third-order valence-electron chi connectivity index (χ3n) is 2.41. The number of hydrogen-bond acceptors (Lipinski definition) is 2. The predicted molar refractivity (Wildman–Crippen MR) is 98.3 cm³/mol. The van der Waals surface area contributed by atoms with Crippen LogP contribution in [0, 0.1) is 0 Å². The van der Waals surface area contributed by atoms with Crippen molar-refractivity contribution in [3.63, 3.8) is 0 Å². The molecule has 1 unspecified atom stereocenters. The van der Waals surface area contributed by atoms with Crippen molar-refractivity contribution in [1.29, 1.82) is 0 Å². The Balaban J connectivity index is 2.76. The molecule has 0 spiro atoms. The molecule has 1 amide bonds. The third kappa shape index (κ3) is 6.52. The van der Waals surface area contributed by atoms with Crippen molar-refractivity contribution >= 4 is 86.9 Å². The summed E-state index contributed by atoms with van der Waals surface area (Å²) in [7, 11) is 0. The number of anilines is 1. The van der Waals surface area contributed by atoms with Gasteiger partial charge in [0.15, 0.2) is 5.11 Å². The van der Waals surface area contributed by atoms with Crippen LogP contribution in [-0.2, 0) is 4.79 Å². The Bertz CT molecular complexity index is 564. The highest BCUT2D eigenvalue weighted by molar-refractivity contribution is 7.80. The molecule has 1 atom stereocenters. The summed E-state index contributed by atoms with van der Waals surface area (Å²) in [5, 5.41) is 9.05. The molecule has 122 valence electrons. The van der Waals surface area contributed by atoms with Gasteiger partial charge >= 0.3 is 0 Å². The summed E-state index contributed by atoms with van der Waals surface area (Å²) in [6.45, 7) is 1.68. The number of thiocarbonyl (C=S) groups is 1. The Morgan fingerprint density at radius 1 is 1.27 bits per heavy atom. The lowest BCUT2D eigenvalue weighted by molar-refractivity contribution is -0.121. The quantitative estimate of drug-likeness (QED) is 0.379. The zero-order valence-corrected chi connectivity index (χ0v) is 15.8. The van der Waals surface area contributed by atoms with Crippen LogP contribution in [0.3, 0.4) is 0 Å². The van der Waals surface area contributed by atoms with E-state index in [1.54, 1.807) is 25.1 Å². The second-order valence-corrected chi connectivity index (χ2v) is 7.74. The molecule has 1 rings (SSSR count). The summed E-state index contributed by atoms with van der Waals surface area (Å²) in [5.41, 5.74) is 0.522. The van der Waals surface area contributed by atoms with Crippen LogP contribution in [0.15, 0.2) is 18.2 Å². The van der Waals surface area contributed by atoms with E-state index in [-0.39, 0.29) is 17.4 Å². The van der Waals surface area contributed by atoms with Crippen LogP contribution in [0.2, 0.25) is 10.0 Å². The molecule has 1 aromatic rings. The van der Waals surface area contributed by atoms with Gasteiger partial charge in [-0.15, -0.1) is 0 Å². The van der Waals surface area contributed by atoms with Crippen molar-refractivity contribution < 1.29 is 4.79 Å². The van der Waals surface area contributed by atoms with Gasteiger partial charge in [-0.25, -0.2) is 0 Å². The van der Waals surface area contributed by atoms with Crippen molar-refractivity contribution in [2.75, 3.05) is 5.32 Å². The summed E-state index contributed by atoms with van der Waals surface area (Å²) in [4.78, 5) is 11.5. The molecule has 22 heavy (non-hydrogen) atoms. The van der Waals surface area contributed by atoms with Gasteiger partial charge in [0.05, 0.1) is 10.7 Å². The SMILES string of the molecule is CCC(=O)NC(NC(=S)Nc1ccc(Cl)cc1Cl)C(Cl)(Cl)Cl. The van der Waals surface area contributed by atoms with Crippen LogP contribution in [0.4, 0.5) is 5.69 Å². The van der Waals surface area contributed by atoms with Gasteiger partial charge < -0.3 is 16.0 Å². The van der Waals surface area contributed by atoms with Crippen molar-refractivity contribution in [1.82, 2.24) is 10.6 Å². The first-order valence-electron chi connectivity index (χ1n) is 6.02. The smallest absolute Gasteiger partial charge is 0.228 e. The zero-order chi connectivity index (χ0) is 16.9. The van der Waals surface area contributed by atoms with Gasteiger partial charge in [-0.05, 0) is 30.4 Å². The number of carbonyl (C=O) groups is 1. The van der Waals surface area contributed by atoms with E-state index < -0.39 is 9.96 Å². The number of alkyl halides is 3. The lowest BCUT2D eigenvalue weighted by Gasteiger charge is -2.27. The maximum Gasteiger partial charge on any atom is 0.228 e. The van der Waals surface area contributed by atoms with Crippen LogP contribution < -0.4 is 16.0 Å². The van der Waals surface area contributed by atoms with Crippen LogP contribution in [0.5, 0.6) is 0 Å². The number of benzene rings is 1. The van der Waals surface area contributed by atoms with Gasteiger partial charge in [0, 0.05) is 11.4 Å². The van der Waals surface area contributed by atoms with E-state index in [9.17, 15) is 4.79 Å². The van der Waals surface area contributed by atoms with E-state index in [1.165, 1.54) is 0 Å². The third-order valence-corrected chi connectivity index (χ3v) is 3.83. The molecule has 10 heteroatoms. The Morgan fingerprint density at radius 3 is 2.41 bits per heavy atom. The van der Waals surface area contributed by atoms with E-state index in [4.69, 9.17) is 70.2 Å². The topological polar surface area (TPSA) is 53.2 Å². The van der Waals surface area contributed by atoms with Gasteiger partial charge in [0.2, 0.25) is 9.70 Å². The fourth-order valence-corrected chi connectivity index (χ4v) is 2.35. The fourth-order valence-electron chi connectivity index (χ4n) is 1.34. The van der Waals surface area contributed by atoms with Gasteiger partial charge in [0.25, 0.3) is 0 Å².